The fraction of sp³-hybridized carbons (Fsp3) is 0.350. The molecule has 1 heterocycles. The Hall–Kier alpha value is -1.85. The lowest BCUT2D eigenvalue weighted by molar-refractivity contribution is -0.130. The summed E-state index contributed by atoms with van der Waals surface area (Å²) in [7, 11) is 1.67. The molecule has 0 aromatic heterocycles. The van der Waals surface area contributed by atoms with Crippen molar-refractivity contribution in [2.75, 3.05) is 38.2 Å². The second-order valence-electron chi connectivity index (χ2n) is 6.22. The van der Waals surface area contributed by atoms with E-state index in [9.17, 15) is 4.79 Å². The number of carbonyl (C=O) groups excluding carboxylic acids is 1. The standard InChI is InChI=1S/C20H23ClN2O2S/c1-15(26-19-9-3-16(21)4-10-19)20(24)23-13-11-22(12-14-23)17-5-7-18(25-2)8-6-17/h3-10,15H,11-14H2,1-2H3/t15-/m1/s1. The van der Waals surface area contributed by atoms with Crippen LogP contribution in [0.1, 0.15) is 6.92 Å². The first-order valence-electron chi connectivity index (χ1n) is 8.67. The third kappa shape index (κ3) is 4.65. The lowest BCUT2D eigenvalue weighted by Crippen LogP contribution is -2.50. The second kappa shape index (κ2) is 8.69. The van der Waals surface area contributed by atoms with Gasteiger partial charge in [-0.2, -0.15) is 0 Å². The maximum Gasteiger partial charge on any atom is 0.235 e. The van der Waals surface area contributed by atoms with E-state index in [1.54, 1.807) is 18.9 Å². The molecular formula is C20H23ClN2O2S. The molecule has 0 spiro atoms. The summed E-state index contributed by atoms with van der Waals surface area (Å²) in [6, 6.07) is 15.7. The maximum absolute atomic E-state index is 12.7. The van der Waals surface area contributed by atoms with E-state index in [-0.39, 0.29) is 11.2 Å². The highest BCUT2D eigenvalue weighted by Gasteiger charge is 2.25. The summed E-state index contributed by atoms with van der Waals surface area (Å²) in [6.45, 7) is 5.15. The Labute approximate surface area is 164 Å². The smallest absolute Gasteiger partial charge is 0.235 e. The molecule has 1 saturated heterocycles. The molecule has 0 unspecified atom stereocenters. The highest BCUT2D eigenvalue weighted by molar-refractivity contribution is 8.00. The number of piperazine rings is 1. The van der Waals surface area contributed by atoms with Gasteiger partial charge in [0.2, 0.25) is 5.91 Å². The predicted octanol–water partition coefficient (Wildman–Crippen LogP) is 4.18. The molecule has 0 bridgehead atoms. The van der Waals surface area contributed by atoms with E-state index in [1.165, 1.54) is 5.69 Å². The van der Waals surface area contributed by atoms with Crippen molar-refractivity contribution in [2.45, 2.75) is 17.1 Å². The Balaban J connectivity index is 1.53. The third-order valence-electron chi connectivity index (χ3n) is 4.50. The van der Waals surface area contributed by atoms with Gasteiger partial charge in [0.25, 0.3) is 0 Å². The van der Waals surface area contributed by atoms with Gasteiger partial charge in [0.05, 0.1) is 12.4 Å². The summed E-state index contributed by atoms with van der Waals surface area (Å²) in [4.78, 5) is 18.1. The van der Waals surface area contributed by atoms with Gasteiger partial charge < -0.3 is 14.5 Å². The highest BCUT2D eigenvalue weighted by Crippen LogP contribution is 2.27. The number of halogens is 1. The quantitative estimate of drug-likeness (QED) is 0.717. The van der Waals surface area contributed by atoms with Crippen LogP contribution in [0.5, 0.6) is 5.75 Å². The largest absolute Gasteiger partial charge is 0.497 e. The highest BCUT2D eigenvalue weighted by atomic mass is 35.5. The van der Waals surface area contributed by atoms with Gasteiger partial charge >= 0.3 is 0 Å². The van der Waals surface area contributed by atoms with Crippen molar-refractivity contribution >= 4 is 35.0 Å². The van der Waals surface area contributed by atoms with Gasteiger partial charge in [0, 0.05) is 41.8 Å². The van der Waals surface area contributed by atoms with Crippen LogP contribution in [0.2, 0.25) is 5.02 Å². The van der Waals surface area contributed by atoms with Crippen LogP contribution in [-0.2, 0) is 4.79 Å². The first-order chi connectivity index (χ1) is 12.6. The van der Waals surface area contributed by atoms with E-state index in [0.29, 0.717) is 5.02 Å². The number of rotatable bonds is 5. The molecule has 1 fully saturated rings. The van der Waals surface area contributed by atoms with Crippen LogP contribution in [0, 0.1) is 0 Å². The van der Waals surface area contributed by atoms with Crippen molar-refractivity contribution < 1.29 is 9.53 Å². The lowest BCUT2D eigenvalue weighted by atomic mass is 10.2. The number of carbonyl (C=O) groups is 1. The van der Waals surface area contributed by atoms with E-state index in [0.717, 1.165) is 36.8 Å². The summed E-state index contributed by atoms with van der Waals surface area (Å²) in [6.07, 6.45) is 0. The minimum atomic E-state index is -0.108. The van der Waals surface area contributed by atoms with Crippen LogP contribution in [-0.4, -0.2) is 49.3 Å². The Morgan fingerprint density at radius 3 is 2.23 bits per heavy atom. The van der Waals surface area contributed by atoms with Crippen LogP contribution < -0.4 is 9.64 Å². The van der Waals surface area contributed by atoms with Gasteiger partial charge in [-0.1, -0.05) is 11.6 Å². The molecule has 2 aromatic rings. The topological polar surface area (TPSA) is 32.8 Å². The first kappa shape index (κ1) is 18.9. The summed E-state index contributed by atoms with van der Waals surface area (Å²) in [5.41, 5.74) is 1.17. The molecule has 0 saturated carbocycles. The van der Waals surface area contributed by atoms with Gasteiger partial charge in [-0.15, -0.1) is 11.8 Å². The van der Waals surface area contributed by atoms with Crippen LogP contribution in [0.3, 0.4) is 0 Å². The number of anilines is 1. The molecule has 6 heteroatoms. The molecule has 26 heavy (non-hydrogen) atoms. The molecule has 1 aliphatic heterocycles. The number of nitrogens with zero attached hydrogens (tertiary/aromatic N) is 2. The van der Waals surface area contributed by atoms with E-state index < -0.39 is 0 Å². The number of thioether (sulfide) groups is 1. The monoisotopic (exact) mass is 390 g/mol. The zero-order valence-electron chi connectivity index (χ0n) is 15.0. The van der Waals surface area contributed by atoms with E-state index >= 15 is 0 Å². The molecule has 1 atom stereocenters. The fourth-order valence-corrected chi connectivity index (χ4v) is 4.08. The molecule has 0 radical (unpaired) electrons. The Bertz CT molecular complexity index is 728. The van der Waals surface area contributed by atoms with Crippen LogP contribution in [0.15, 0.2) is 53.4 Å². The molecule has 0 N–H and O–H groups in total. The van der Waals surface area contributed by atoms with Crippen molar-refractivity contribution in [3.8, 4) is 5.75 Å². The van der Waals surface area contributed by atoms with Crippen molar-refractivity contribution in [3.63, 3.8) is 0 Å². The van der Waals surface area contributed by atoms with Crippen LogP contribution in [0.4, 0.5) is 5.69 Å². The molecular weight excluding hydrogens is 368 g/mol. The Morgan fingerprint density at radius 1 is 1.04 bits per heavy atom. The minimum Gasteiger partial charge on any atom is -0.497 e. The number of benzene rings is 2. The van der Waals surface area contributed by atoms with Crippen molar-refractivity contribution in [1.82, 2.24) is 4.90 Å². The normalized spacial score (nSPS) is 15.7. The van der Waals surface area contributed by atoms with E-state index in [1.807, 2.05) is 48.2 Å². The van der Waals surface area contributed by atoms with Crippen molar-refractivity contribution in [3.05, 3.63) is 53.6 Å². The minimum absolute atomic E-state index is 0.108. The molecule has 138 valence electrons. The molecule has 1 aliphatic rings. The van der Waals surface area contributed by atoms with Crippen LogP contribution >= 0.6 is 23.4 Å². The number of amides is 1. The number of ether oxygens (including phenoxy) is 1. The number of hydrogen-bond donors (Lipinski definition) is 0. The fourth-order valence-electron chi connectivity index (χ4n) is 3.00. The zero-order chi connectivity index (χ0) is 18.5. The molecule has 0 aliphatic carbocycles. The van der Waals surface area contributed by atoms with Crippen LogP contribution in [0.25, 0.3) is 0 Å². The predicted molar refractivity (Wildman–Crippen MR) is 109 cm³/mol. The summed E-state index contributed by atoms with van der Waals surface area (Å²) >= 11 is 7.50. The van der Waals surface area contributed by atoms with E-state index in [4.69, 9.17) is 16.3 Å². The Morgan fingerprint density at radius 2 is 1.65 bits per heavy atom. The van der Waals surface area contributed by atoms with Gasteiger partial charge in [0.1, 0.15) is 5.75 Å². The van der Waals surface area contributed by atoms with Gasteiger partial charge in [0.15, 0.2) is 0 Å². The molecule has 1 amide bonds. The SMILES string of the molecule is COc1ccc(N2CCN(C(=O)[C@@H](C)Sc3ccc(Cl)cc3)CC2)cc1. The van der Waals surface area contributed by atoms with E-state index in [2.05, 4.69) is 17.0 Å². The van der Waals surface area contributed by atoms with Gasteiger partial charge in [-0.05, 0) is 55.5 Å². The number of methoxy groups -OCH3 is 1. The third-order valence-corrected chi connectivity index (χ3v) is 5.85. The first-order valence-corrected chi connectivity index (χ1v) is 9.92. The zero-order valence-corrected chi connectivity index (χ0v) is 16.6. The summed E-state index contributed by atoms with van der Waals surface area (Å²) in [5.74, 6) is 1.05. The Kier molecular flexibility index (Phi) is 6.33. The molecule has 2 aromatic carbocycles. The second-order valence-corrected chi connectivity index (χ2v) is 8.08. The average molecular weight is 391 g/mol. The summed E-state index contributed by atoms with van der Waals surface area (Å²) in [5, 5.41) is 0.603. The summed E-state index contributed by atoms with van der Waals surface area (Å²) < 4.78 is 5.21. The van der Waals surface area contributed by atoms with Crippen molar-refractivity contribution in [1.29, 1.82) is 0 Å². The lowest BCUT2D eigenvalue weighted by Gasteiger charge is -2.37. The number of hydrogen-bond acceptors (Lipinski definition) is 4. The maximum atomic E-state index is 12.7. The molecule has 4 nitrogen and oxygen atoms in total. The van der Waals surface area contributed by atoms with Gasteiger partial charge in [-0.3, -0.25) is 4.79 Å². The average Bonchev–Trinajstić information content (AvgIpc) is 2.69. The molecule has 3 rings (SSSR count). The van der Waals surface area contributed by atoms with Gasteiger partial charge in [-0.25, -0.2) is 0 Å². The van der Waals surface area contributed by atoms with Crippen molar-refractivity contribution in [2.24, 2.45) is 0 Å².